The topological polar surface area (TPSA) is 75.7 Å². The highest BCUT2D eigenvalue weighted by Gasteiger charge is 2.27. The maximum atomic E-state index is 12.5. The van der Waals surface area contributed by atoms with Crippen LogP contribution in [0, 0.1) is 0 Å². The van der Waals surface area contributed by atoms with Gasteiger partial charge >= 0.3 is 0 Å². The van der Waals surface area contributed by atoms with Crippen molar-refractivity contribution in [2.75, 3.05) is 18.4 Å². The summed E-state index contributed by atoms with van der Waals surface area (Å²) in [7, 11) is -3.46. The number of para-hydroxylation sites is 1. The molecule has 1 aliphatic heterocycles. The molecule has 144 valence electrons. The van der Waals surface area contributed by atoms with Crippen LogP contribution in [0.3, 0.4) is 0 Å². The van der Waals surface area contributed by atoms with Crippen LogP contribution in [0.15, 0.2) is 53.4 Å². The number of carbonyl (C=O) groups excluding carboxylic acids is 1. The van der Waals surface area contributed by atoms with Crippen LogP contribution < -0.4 is 10.1 Å². The highest BCUT2D eigenvalue weighted by Crippen LogP contribution is 2.25. The van der Waals surface area contributed by atoms with E-state index >= 15 is 0 Å². The molecule has 2 aromatic rings. The Balaban J connectivity index is 1.64. The second-order valence-electron chi connectivity index (χ2n) is 6.32. The van der Waals surface area contributed by atoms with Gasteiger partial charge in [0.05, 0.1) is 9.92 Å². The zero-order chi connectivity index (χ0) is 19.4. The van der Waals surface area contributed by atoms with Crippen molar-refractivity contribution in [2.24, 2.45) is 0 Å². The van der Waals surface area contributed by atoms with Crippen LogP contribution in [0.2, 0.25) is 5.02 Å². The molecule has 1 saturated heterocycles. The Hall–Kier alpha value is -2.09. The SMILES string of the molecule is C[C@@H](Oc1ccccc1Cl)C(=O)Nc1ccc(S(=O)(=O)N2CCCC2)cc1. The summed E-state index contributed by atoms with van der Waals surface area (Å²) in [4.78, 5) is 12.5. The highest BCUT2D eigenvalue weighted by molar-refractivity contribution is 7.89. The van der Waals surface area contributed by atoms with E-state index in [1.165, 1.54) is 16.4 Å². The van der Waals surface area contributed by atoms with Gasteiger partial charge in [0.15, 0.2) is 6.10 Å². The van der Waals surface area contributed by atoms with Gasteiger partial charge in [0.1, 0.15) is 5.75 Å². The van der Waals surface area contributed by atoms with E-state index in [1.54, 1.807) is 43.3 Å². The predicted octanol–water partition coefficient (Wildman–Crippen LogP) is 3.53. The molecule has 0 bridgehead atoms. The van der Waals surface area contributed by atoms with Gasteiger partial charge in [-0.3, -0.25) is 4.79 Å². The normalized spacial score (nSPS) is 16.1. The molecule has 3 rings (SSSR count). The summed E-state index contributed by atoms with van der Waals surface area (Å²) in [5, 5.41) is 3.14. The van der Waals surface area contributed by atoms with Crippen molar-refractivity contribution in [3.8, 4) is 5.75 Å². The van der Waals surface area contributed by atoms with E-state index in [9.17, 15) is 13.2 Å². The molecule has 1 heterocycles. The maximum absolute atomic E-state index is 12.5. The lowest BCUT2D eigenvalue weighted by Crippen LogP contribution is -2.30. The number of anilines is 1. The largest absolute Gasteiger partial charge is 0.479 e. The van der Waals surface area contributed by atoms with Crippen molar-refractivity contribution in [3.05, 3.63) is 53.6 Å². The summed E-state index contributed by atoms with van der Waals surface area (Å²) in [6.45, 7) is 2.72. The molecule has 1 aliphatic rings. The molecule has 1 fully saturated rings. The Kier molecular flexibility index (Phi) is 6.04. The van der Waals surface area contributed by atoms with Crippen molar-refractivity contribution in [2.45, 2.75) is 30.8 Å². The van der Waals surface area contributed by atoms with Crippen LogP contribution >= 0.6 is 11.6 Å². The average molecular weight is 409 g/mol. The van der Waals surface area contributed by atoms with E-state index in [0.717, 1.165) is 12.8 Å². The first-order valence-corrected chi connectivity index (χ1v) is 10.5. The van der Waals surface area contributed by atoms with E-state index in [1.807, 2.05) is 0 Å². The lowest BCUT2D eigenvalue weighted by Gasteiger charge is -2.17. The summed E-state index contributed by atoms with van der Waals surface area (Å²) in [5.41, 5.74) is 0.495. The van der Waals surface area contributed by atoms with Crippen molar-refractivity contribution < 1.29 is 17.9 Å². The van der Waals surface area contributed by atoms with Crippen LogP contribution in [0.1, 0.15) is 19.8 Å². The summed E-state index contributed by atoms with van der Waals surface area (Å²) < 4.78 is 32.1. The van der Waals surface area contributed by atoms with Crippen LogP contribution in [0.25, 0.3) is 0 Å². The number of halogens is 1. The molecule has 1 amide bonds. The highest BCUT2D eigenvalue weighted by atomic mass is 35.5. The van der Waals surface area contributed by atoms with E-state index in [2.05, 4.69) is 5.32 Å². The minimum Gasteiger partial charge on any atom is -0.479 e. The lowest BCUT2D eigenvalue weighted by atomic mass is 10.3. The van der Waals surface area contributed by atoms with E-state index in [-0.39, 0.29) is 10.8 Å². The molecule has 0 aliphatic carbocycles. The van der Waals surface area contributed by atoms with Crippen LogP contribution in [-0.4, -0.2) is 37.8 Å². The summed E-state index contributed by atoms with van der Waals surface area (Å²) in [5.74, 6) is 0.0685. The Morgan fingerprint density at radius 2 is 1.74 bits per heavy atom. The van der Waals surface area contributed by atoms with Gasteiger partial charge in [-0.05, 0) is 56.2 Å². The molecule has 1 atom stereocenters. The van der Waals surface area contributed by atoms with E-state index < -0.39 is 16.1 Å². The number of hydrogen-bond acceptors (Lipinski definition) is 4. The molecule has 1 N–H and O–H groups in total. The monoisotopic (exact) mass is 408 g/mol. The standard InChI is InChI=1S/C19H21ClN2O4S/c1-14(26-18-7-3-2-6-17(18)20)19(23)21-15-8-10-16(11-9-15)27(24,25)22-12-4-5-13-22/h2-3,6-11,14H,4-5,12-13H2,1H3,(H,21,23)/t14-/m1/s1. The smallest absolute Gasteiger partial charge is 0.265 e. The minimum absolute atomic E-state index is 0.225. The Morgan fingerprint density at radius 3 is 2.37 bits per heavy atom. The molecule has 0 aromatic heterocycles. The number of amides is 1. The maximum Gasteiger partial charge on any atom is 0.265 e. The first kappa shape index (κ1) is 19.7. The molecule has 0 unspecified atom stereocenters. The van der Waals surface area contributed by atoms with Gasteiger partial charge in [0, 0.05) is 18.8 Å². The third-order valence-corrected chi connectivity index (χ3v) is 6.56. The lowest BCUT2D eigenvalue weighted by molar-refractivity contribution is -0.122. The zero-order valence-electron chi connectivity index (χ0n) is 14.9. The van der Waals surface area contributed by atoms with Gasteiger partial charge < -0.3 is 10.1 Å². The van der Waals surface area contributed by atoms with Gasteiger partial charge in [0.25, 0.3) is 5.91 Å². The fourth-order valence-corrected chi connectivity index (χ4v) is 4.51. The molecule has 0 radical (unpaired) electrons. The summed E-state index contributed by atoms with van der Waals surface area (Å²) >= 11 is 6.03. The Morgan fingerprint density at radius 1 is 1.11 bits per heavy atom. The minimum atomic E-state index is -3.46. The number of nitrogens with one attached hydrogen (secondary N) is 1. The van der Waals surface area contributed by atoms with Gasteiger partial charge in [-0.25, -0.2) is 8.42 Å². The second kappa shape index (κ2) is 8.29. The molecule has 2 aromatic carbocycles. The van der Waals surface area contributed by atoms with Crippen molar-refractivity contribution in [3.63, 3.8) is 0 Å². The van der Waals surface area contributed by atoms with E-state index in [0.29, 0.717) is 29.5 Å². The zero-order valence-corrected chi connectivity index (χ0v) is 16.5. The molecular weight excluding hydrogens is 388 g/mol. The van der Waals surface area contributed by atoms with Crippen LogP contribution in [0.5, 0.6) is 5.75 Å². The van der Waals surface area contributed by atoms with Crippen LogP contribution in [-0.2, 0) is 14.8 Å². The third kappa shape index (κ3) is 4.61. The van der Waals surface area contributed by atoms with Crippen molar-refractivity contribution >= 4 is 33.2 Å². The number of rotatable bonds is 6. The quantitative estimate of drug-likeness (QED) is 0.793. The number of nitrogens with zero attached hydrogens (tertiary/aromatic N) is 1. The molecule has 27 heavy (non-hydrogen) atoms. The number of carbonyl (C=O) groups is 1. The summed E-state index contributed by atoms with van der Waals surface area (Å²) in [6.07, 6.45) is 1.01. The number of hydrogen-bond donors (Lipinski definition) is 1. The first-order chi connectivity index (χ1) is 12.9. The fourth-order valence-electron chi connectivity index (χ4n) is 2.82. The predicted molar refractivity (Wildman–Crippen MR) is 105 cm³/mol. The van der Waals surface area contributed by atoms with Gasteiger partial charge in [-0.15, -0.1) is 0 Å². The number of ether oxygens (including phenoxy) is 1. The van der Waals surface area contributed by atoms with Gasteiger partial charge in [-0.1, -0.05) is 23.7 Å². The van der Waals surface area contributed by atoms with Crippen LogP contribution in [0.4, 0.5) is 5.69 Å². The molecule has 0 spiro atoms. The van der Waals surface area contributed by atoms with Crippen molar-refractivity contribution in [1.29, 1.82) is 0 Å². The van der Waals surface area contributed by atoms with E-state index in [4.69, 9.17) is 16.3 Å². The number of sulfonamides is 1. The molecule has 6 nitrogen and oxygen atoms in total. The molecule has 0 saturated carbocycles. The second-order valence-corrected chi connectivity index (χ2v) is 8.66. The van der Waals surface area contributed by atoms with Crippen molar-refractivity contribution in [1.82, 2.24) is 4.31 Å². The molecule has 8 heteroatoms. The van der Waals surface area contributed by atoms with Gasteiger partial charge in [0.2, 0.25) is 10.0 Å². The summed E-state index contributed by atoms with van der Waals surface area (Å²) in [6, 6.07) is 13.1. The average Bonchev–Trinajstić information content (AvgIpc) is 3.19. The Bertz CT molecular complexity index is 910. The first-order valence-electron chi connectivity index (χ1n) is 8.70. The fraction of sp³-hybridized carbons (Fsp3) is 0.316. The third-order valence-electron chi connectivity index (χ3n) is 4.33. The molecular formula is C19H21ClN2O4S. The van der Waals surface area contributed by atoms with Gasteiger partial charge in [-0.2, -0.15) is 4.31 Å². The Labute approximate surface area is 164 Å². The number of benzene rings is 2.